The lowest BCUT2D eigenvalue weighted by Crippen LogP contribution is -2.15. The van der Waals surface area contributed by atoms with Crippen LogP contribution in [0, 0.1) is 0 Å². The van der Waals surface area contributed by atoms with Gasteiger partial charge in [-0.3, -0.25) is 0 Å². The van der Waals surface area contributed by atoms with Gasteiger partial charge in [-0.2, -0.15) is 0 Å². The van der Waals surface area contributed by atoms with Crippen molar-refractivity contribution < 1.29 is 17.9 Å². The van der Waals surface area contributed by atoms with Crippen LogP contribution in [-0.4, -0.2) is 21.6 Å². The van der Waals surface area contributed by atoms with Crippen molar-refractivity contribution >= 4 is 15.7 Å². The second-order valence-corrected chi connectivity index (χ2v) is 5.81. The molecule has 0 aromatic heterocycles. The number of sulfonamides is 1. The maximum atomic E-state index is 12.1. The molecule has 1 aliphatic heterocycles. The van der Waals surface area contributed by atoms with Gasteiger partial charge in [0.25, 0.3) is 0 Å². The third-order valence-corrected chi connectivity index (χ3v) is 4.11. The van der Waals surface area contributed by atoms with Crippen LogP contribution in [0.4, 0.5) is 5.69 Å². The molecule has 3 rings (SSSR count). The van der Waals surface area contributed by atoms with Crippen molar-refractivity contribution in [1.82, 2.24) is 0 Å². The van der Waals surface area contributed by atoms with Gasteiger partial charge in [-0.05, 0) is 24.3 Å². The Morgan fingerprint density at radius 1 is 0.900 bits per heavy atom. The fourth-order valence-electron chi connectivity index (χ4n) is 1.87. The van der Waals surface area contributed by atoms with Crippen molar-refractivity contribution in [2.24, 2.45) is 0 Å². The lowest BCUT2D eigenvalue weighted by atomic mass is 10.3. The highest BCUT2D eigenvalue weighted by atomic mass is 32.2. The van der Waals surface area contributed by atoms with Crippen molar-refractivity contribution in [1.29, 1.82) is 0 Å². The summed E-state index contributed by atoms with van der Waals surface area (Å²) in [6, 6.07) is 12.9. The molecule has 20 heavy (non-hydrogen) atoms. The summed E-state index contributed by atoms with van der Waals surface area (Å²) in [5.74, 6) is 1.12. The Bertz CT molecular complexity index is 713. The fraction of sp³-hybridized carbons (Fsp3) is 0.143. The molecule has 0 saturated carbocycles. The average Bonchev–Trinajstić information content (AvgIpc) is 2.48. The Morgan fingerprint density at radius 3 is 2.35 bits per heavy atom. The fourth-order valence-corrected chi connectivity index (χ4v) is 2.87. The SMILES string of the molecule is O=S(=O)([N-]c1ccc2c(c1)OCCO2)c1ccccc1. The molecule has 2 aromatic carbocycles. The first kappa shape index (κ1) is 12.8. The third kappa shape index (κ3) is 2.55. The van der Waals surface area contributed by atoms with Crippen LogP contribution in [0.3, 0.4) is 0 Å². The number of ether oxygens (including phenoxy) is 2. The van der Waals surface area contributed by atoms with Crippen LogP contribution >= 0.6 is 0 Å². The van der Waals surface area contributed by atoms with E-state index >= 15 is 0 Å². The zero-order valence-corrected chi connectivity index (χ0v) is 11.3. The van der Waals surface area contributed by atoms with E-state index in [0.717, 1.165) is 0 Å². The van der Waals surface area contributed by atoms with Gasteiger partial charge in [0.05, 0.1) is 4.90 Å². The minimum atomic E-state index is -3.71. The smallest absolute Gasteiger partial charge is 0.161 e. The molecule has 104 valence electrons. The van der Waals surface area contributed by atoms with E-state index in [4.69, 9.17) is 9.47 Å². The number of fused-ring (bicyclic) bond motifs is 1. The first-order valence-corrected chi connectivity index (χ1v) is 7.52. The Hall–Kier alpha value is -2.21. The summed E-state index contributed by atoms with van der Waals surface area (Å²) in [6.45, 7) is 0.938. The highest BCUT2D eigenvalue weighted by molar-refractivity contribution is 7.94. The van der Waals surface area contributed by atoms with Crippen molar-refractivity contribution in [3.05, 3.63) is 53.3 Å². The molecule has 5 nitrogen and oxygen atoms in total. The van der Waals surface area contributed by atoms with Crippen LogP contribution in [0.25, 0.3) is 4.72 Å². The summed E-state index contributed by atoms with van der Waals surface area (Å²) in [4.78, 5) is 0.162. The second kappa shape index (κ2) is 5.05. The number of hydrogen-bond acceptors (Lipinski definition) is 4. The number of benzene rings is 2. The van der Waals surface area contributed by atoms with Gasteiger partial charge in [-0.25, -0.2) is 8.42 Å². The molecule has 0 saturated heterocycles. The summed E-state index contributed by atoms with van der Waals surface area (Å²) in [5.41, 5.74) is 0.318. The molecular formula is C14H12NO4S-. The van der Waals surface area contributed by atoms with Crippen molar-refractivity contribution in [3.63, 3.8) is 0 Å². The predicted molar refractivity (Wildman–Crippen MR) is 74.1 cm³/mol. The van der Waals surface area contributed by atoms with Crippen LogP contribution in [0.1, 0.15) is 0 Å². The van der Waals surface area contributed by atoms with E-state index in [0.29, 0.717) is 30.4 Å². The molecule has 1 aliphatic rings. The first-order valence-electron chi connectivity index (χ1n) is 6.08. The van der Waals surface area contributed by atoms with Gasteiger partial charge >= 0.3 is 0 Å². The van der Waals surface area contributed by atoms with E-state index in [-0.39, 0.29) is 4.90 Å². The maximum Gasteiger partial charge on any atom is 0.161 e. The Labute approximate surface area is 117 Å². The van der Waals surface area contributed by atoms with Crippen LogP contribution in [0.2, 0.25) is 0 Å². The van der Waals surface area contributed by atoms with Gasteiger partial charge in [0.1, 0.15) is 23.2 Å². The lowest BCUT2D eigenvalue weighted by molar-refractivity contribution is 0.171. The van der Waals surface area contributed by atoms with E-state index in [9.17, 15) is 8.42 Å². The predicted octanol–water partition coefficient (Wildman–Crippen LogP) is 2.85. The monoisotopic (exact) mass is 290 g/mol. The molecule has 0 amide bonds. The van der Waals surface area contributed by atoms with Crippen LogP contribution in [0.15, 0.2) is 53.4 Å². The van der Waals surface area contributed by atoms with Gasteiger partial charge in [0, 0.05) is 0 Å². The van der Waals surface area contributed by atoms with Crippen LogP contribution in [-0.2, 0) is 10.0 Å². The molecule has 0 spiro atoms. The molecule has 0 unspecified atom stereocenters. The quantitative estimate of drug-likeness (QED) is 0.871. The summed E-state index contributed by atoms with van der Waals surface area (Å²) >= 11 is 0. The molecule has 0 radical (unpaired) electrons. The van der Waals surface area contributed by atoms with Crippen LogP contribution < -0.4 is 9.47 Å². The van der Waals surface area contributed by atoms with Gasteiger partial charge < -0.3 is 14.2 Å². The molecular weight excluding hydrogens is 278 g/mol. The lowest BCUT2D eigenvalue weighted by Gasteiger charge is -2.25. The normalized spacial score (nSPS) is 13.8. The molecule has 6 heteroatoms. The first-order chi connectivity index (χ1) is 9.65. The van der Waals surface area contributed by atoms with Crippen molar-refractivity contribution in [3.8, 4) is 11.5 Å². The van der Waals surface area contributed by atoms with Gasteiger partial charge in [-0.1, -0.05) is 24.3 Å². The number of rotatable bonds is 3. The van der Waals surface area contributed by atoms with Crippen molar-refractivity contribution in [2.45, 2.75) is 4.90 Å². The minimum Gasteiger partial charge on any atom is -0.573 e. The molecule has 0 N–H and O–H groups in total. The van der Waals surface area contributed by atoms with Gasteiger partial charge in [0.15, 0.2) is 11.5 Å². The third-order valence-electron chi connectivity index (χ3n) is 2.79. The summed E-state index contributed by atoms with van der Waals surface area (Å²) < 4.78 is 38.8. The van der Waals surface area contributed by atoms with E-state index in [2.05, 4.69) is 4.72 Å². The Kier molecular flexibility index (Phi) is 3.23. The molecule has 2 aromatic rings. The Morgan fingerprint density at radius 2 is 1.60 bits per heavy atom. The number of nitrogens with zero attached hydrogens (tertiary/aromatic N) is 1. The van der Waals surface area contributed by atoms with Crippen LogP contribution in [0.5, 0.6) is 11.5 Å². The molecule has 0 fully saturated rings. The van der Waals surface area contributed by atoms with E-state index in [1.54, 1.807) is 36.4 Å². The average molecular weight is 290 g/mol. The molecule has 0 aliphatic carbocycles. The molecule has 1 heterocycles. The topological polar surface area (TPSA) is 66.7 Å². The van der Waals surface area contributed by atoms with Crippen molar-refractivity contribution in [2.75, 3.05) is 13.2 Å². The minimum absolute atomic E-state index is 0.162. The van der Waals surface area contributed by atoms with Gasteiger partial charge in [0.2, 0.25) is 0 Å². The van der Waals surface area contributed by atoms with E-state index in [1.165, 1.54) is 12.1 Å². The molecule has 0 bridgehead atoms. The Balaban J connectivity index is 1.88. The summed E-state index contributed by atoms with van der Waals surface area (Å²) in [7, 11) is -3.71. The van der Waals surface area contributed by atoms with E-state index in [1.807, 2.05) is 0 Å². The maximum absolute atomic E-state index is 12.1. The van der Waals surface area contributed by atoms with Gasteiger partial charge in [-0.15, -0.1) is 5.69 Å². The zero-order valence-electron chi connectivity index (χ0n) is 10.5. The largest absolute Gasteiger partial charge is 0.573 e. The number of hydrogen-bond donors (Lipinski definition) is 0. The molecule has 0 atom stereocenters. The second-order valence-electron chi connectivity index (χ2n) is 4.21. The highest BCUT2D eigenvalue weighted by Crippen LogP contribution is 2.37. The standard InChI is InChI=1S/C14H12NO4S/c16-20(17,12-4-2-1-3-5-12)15-11-6-7-13-14(10-11)19-9-8-18-13/h1-7,10H,8-9H2/q-1. The zero-order chi connectivity index (χ0) is 14.0. The summed E-state index contributed by atoms with van der Waals surface area (Å²) in [5, 5.41) is 0. The highest BCUT2D eigenvalue weighted by Gasteiger charge is 2.11. The summed E-state index contributed by atoms with van der Waals surface area (Å²) in [6.07, 6.45) is 0. The van der Waals surface area contributed by atoms with E-state index < -0.39 is 10.0 Å².